The Bertz CT molecular complexity index is 1250. The molecule has 0 spiro atoms. The van der Waals surface area contributed by atoms with Gasteiger partial charge in [-0.2, -0.15) is 10.5 Å². The Labute approximate surface area is 162 Å². The maximum Gasteiger partial charge on any atom is 0.149 e. The summed E-state index contributed by atoms with van der Waals surface area (Å²) >= 11 is 0. The number of aromatic amines is 1. The van der Waals surface area contributed by atoms with Crippen LogP contribution < -0.4 is 0 Å². The summed E-state index contributed by atoms with van der Waals surface area (Å²) in [4.78, 5) is 7.75. The first-order valence-electron chi connectivity index (χ1n) is 8.87. The van der Waals surface area contributed by atoms with E-state index in [9.17, 15) is 5.26 Å². The Morgan fingerprint density at radius 3 is 2.50 bits per heavy atom. The first kappa shape index (κ1) is 17.3. The van der Waals surface area contributed by atoms with Gasteiger partial charge in [0.05, 0.1) is 28.2 Å². The van der Waals surface area contributed by atoms with Crippen LogP contribution in [0.25, 0.3) is 28.4 Å². The van der Waals surface area contributed by atoms with E-state index in [0.29, 0.717) is 17.0 Å². The number of fused-ring (bicyclic) bond motifs is 1. The van der Waals surface area contributed by atoms with Gasteiger partial charge in [0.25, 0.3) is 0 Å². The topological polar surface area (TPSA) is 81.2 Å². The van der Waals surface area contributed by atoms with Gasteiger partial charge in [0.1, 0.15) is 11.9 Å². The first-order chi connectivity index (χ1) is 13.6. The van der Waals surface area contributed by atoms with Gasteiger partial charge in [0.2, 0.25) is 0 Å². The molecule has 0 saturated heterocycles. The molecule has 1 N–H and O–H groups in total. The molecule has 0 aliphatic carbocycles. The molecule has 0 amide bonds. The van der Waals surface area contributed by atoms with E-state index in [-0.39, 0.29) is 0 Å². The van der Waals surface area contributed by atoms with Crippen molar-refractivity contribution in [2.24, 2.45) is 0 Å². The van der Waals surface area contributed by atoms with Crippen molar-refractivity contribution in [1.29, 1.82) is 10.5 Å². The first-order valence-corrected chi connectivity index (χ1v) is 8.87. The van der Waals surface area contributed by atoms with Crippen LogP contribution in [0.3, 0.4) is 0 Å². The van der Waals surface area contributed by atoms with Crippen molar-refractivity contribution in [3.05, 3.63) is 82.9 Å². The SMILES string of the molecule is Cc1cc(C=C(C#N)c2nc3ccccc3[nH]2)c(C)n1-c1ccc(C#N)cc1. The number of hydrogen-bond donors (Lipinski definition) is 1. The zero-order valence-electron chi connectivity index (χ0n) is 15.6. The highest BCUT2D eigenvalue weighted by Crippen LogP contribution is 2.25. The summed E-state index contributed by atoms with van der Waals surface area (Å²) in [6.45, 7) is 4.04. The molecule has 134 valence electrons. The minimum atomic E-state index is 0.483. The third kappa shape index (κ3) is 2.96. The van der Waals surface area contributed by atoms with Crippen LogP contribution in [0.1, 0.15) is 28.3 Å². The Hall–Kier alpha value is -4.09. The summed E-state index contributed by atoms with van der Waals surface area (Å²) in [7, 11) is 0. The van der Waals surface area contributed by atoms with E-state index in [1.54, 1.807) is 12.1 Å². The van der Waals surface area contributed by atoms with E-state index < -0.39 is 0 Å². The van der Waals surface area contributed by atoms with Gasteiger partial charge in [-0.3, -0.25) is 0 Å². The summed E-state index contributed by atoms with van der Waals surface area (Å²) < 4.78 is 2.11. The Morgan fingerprint density at radius 1 is 1.07 bits per heavy atom. The van der Waals surface area contributed by atoms with E-state index in [4.69, 9.17) is 5.26 Å². The second-order valence-electron chi connectivity index (χ2n) is 6.59. The molecule has 5 nitrogen and oxygen atoms in total. The fraction of sp³-hybridized carbons (Fsp3) is 0.0870. The van der Waals surface area contributed by atoms with Gasteiger partial charge in [-0.15, -0.1) is 0 Å². The van der Waals surface area contributed by atoms with E-state index >= 15 is 0 Å². The van der Waals surface area contributed by atoms with Gasteiger partial charge in [0, 0.05) is 17.1 Å². The van der Waals surface area contributed by atoms with Gasteiger partial charge < -0.3 is 9.55 Å². The predicted octanol–water partition coefficient (Wildman–Crippen LogP) is 4.91. The van der Waals surface area contributed by atoms with Crippen LogP contribution in [-0.2, 0) is 0 Å². The second-order valence-corrected chi connectivity index (χ2v) is 6.59. The molecule has 28 heavy (non-hydrogen) atoms. The number of nitriles is 2. The molecule has 0 fully saturated rings. The molecule has 2 aromatic heterocycles. The number of nitrogens with zero attached hydrogens (tertiary/aromatic N) is 4. The highest BCUT2D eigenvalue weighted by Gasteiger charge is 2.13. The molecule has 0 aliphatic rings. The number of allylic oxidation sites excluding steroid dienone is 1. The summed E-state index contributed by atoms with van der Waals surface area (Å²) in [5, 5.41) is 18.7. The quantitative estimate of drug-likeness (QED) is 0.525. The lowest BCUT2D eigenvalue weighted by atomic mass is 10.1. The van der Waals surface area contributed by atoms with E-state index in [2.05, 4.69) is 26.7 Å². The maximum absolute atomic E-state index is 9.69. The van der Waals surface area contributed by atoms with Crippen molar-refractivity contribution in [1.82, 2.24) is 14.5 Å². The number of aryl methyl sites for hydroxylation is 1. The number of nitrogens with one attached hydrogen (secondary N) is 1. The van der Waals surface area contributed by atoms with Gasteiger partial charge in [-0.25, -0.2) is 4.98 Å². The molecule has 0 aliphatic heterocycles. The van der Waals surface area contributed by atoms with Crippen LogP contribution >= 0.6 is 0 Å². The van der Waals surface area contributed by atoms with E-state index in [1.807, 2.05) is 62.4 Å². The van der Waals surface area contributed by atoms with Gasteiger partial charge in [-0.05, 0) is 68.0 Å². The van der Waals surface area contributed by atoms with Crippen molar-refractivity contribution in [2.75, 3.05) is 0 Å². The zero-order chi connectivity index (χ0) is 19.7. The summed E-state index contributed by atoms with van der Waals surface area (Å²) in [6.07, 6.45) is 1.86. The smallest absolute Gasteiger partial charge is 0.149 e. The number of hydrogen-bond acceptors (Lipinski definition) is 3. The number of rotatable bonds is 3. The number of para-hydroxylation sites is 2. The van der Waals surface area contributed by atoms with Crippen molar-refractivity contribution < 1.29 is 0 Å². The van der Waals surface area contributed by atoms with Gasteiger partial charge in [0.15, 0.2) is 0 Å². The van der Waals surface area contributed by atoms with Crippen molar-refractivity contribution in [3.8, 4) is 17.8 Å². The normalized spacial score (nSPS) is 11.4. The molecule has 0 saturated carbocycles. The molecule has 2 aromatic carbocycles. The standard InChI is InChI=1S/C23H17N5/c1-15-11-18(16(2)28(15)20-9-7-17(13-24)8-10-20)12-19(14-25)23-26-21-5-3-4-6-22(21)27-23/h3-12H,1-2H3,(H,26,27). The minimum absolute atomic E-state index is 0.483. The van der Waals surface area contributed by atoms with Gasteiger partial charge >= 0.3 is 0 Å². The molecule has 0 bridgehead atoms. The molecule has 0 unspecified atom stereocenters. The zero-order valence-corrected chi connectivity index (χ0v) is 15.6. The highest BCUT2D eigenvalue weighted by molar-refractivity contribution is 5.90. The highest BCUT2D eigenvalue weighted by atomic mass is 15.0. The lowest BCUT2D eigenvalue weighted by Gasteiger charge is -2.09. The molecule has 0 atom stereocenters. The second kappa shape index (κ2) is 6.90. The van der Waals surface area contributed by atoms with E-state index in [0.717, 1.165) is 33.7 Å². The van der Waals surface area contributed by atoms with Crippen LogP contribution in [0.15, 0.2) is 54.6 Å². The monoisotopic (exact) mass is 363 g/mol. The summed E-state index contributed by atoms with van der Waals surface area (Å²) in [5.41, 5.74) is 6.86. The summed E-state index contributed by atoms with van der Waals surface area (Å²) in [6, 6.07) is 21.6. The Kier molecular flexibility index (Phi) is 4.27. The van der Waals surface area contributed by atoms with Crippen molar-refractivity contribution in [3.63, 3.8) is 0 Å². The minimum Gasteiger partial charge on any atom is -0.337 e. The number of H-pyrrole nitrogens is 1. The Morgan fingerprint density at radius 2 is 1.82 bits per heavy atom. The van der Waals surface area contributed by atoms with Crippen LogP contribution in [0.4, 0.5) is 0 Å². The fourth-order valence-electron chi connectivity index (χ4n) is 3.41. The summed E-state index contributed by atoms with van der Waals surface area (Å²) in [5.74, 6) is 0.562. The molecular weight excluding hydrogens is 346 g/mol. The predicted molar refractivity (Wildman–Crippen MR) is 110 cm³/mol. The van der Waals surface area contributed by atoms with Crippen LogP contribution in [0.2, 0.25) is 0 Å². The Balaban J connectivity index is 1.78. The van der Waals surface area contributed by atoms with Crippen LogP contribution in [0.5, 0.6) is 0 Å². The average Bonchev–Trinajstić information content (AvgIpc) is 3.26. The van der Waals surface area contributed by atoms with Crippen LogP contribution in [0, 0.1) is 36.5 Å². The molecule has 2 heterocycles. The van der Waals surface area contributed by atoms with Crippen molar-refractivity contribution >= 4 is 22.7 Å². The molecule has 4 aromatic rings. The lowest BCUT2D eigenvalue weighted by molar-refractivity contribution is 0.964. The molecular formula is C23H17N5. The fourth-order valence-corrected chi connectivity index (χ4v) is 3.41. The van der Waals surface area contributed by atoms with E-state index in [1.165, 1.54) is 0 Å². The van der Waals surface area contributed by atoms with Crippen LogP contribution in [-0.4, -0.2) is 14.5 Å². The number of imidazole rings is 1. The number of benzene rings is 2. The largest absolute Gasteiger partial charge is 0.337 e. The third-order valence-electron chi connectivity index (χ3n) is 4.79. The molecule has 4 rings (SSSR count). The average molecular weight is 363 g/mol. The third-order valence-corrected chi connectivity index (χ3v) is 4.79. The molecule has 5 heteroatoms. The molecule has 0 radical (unpaired) electrons. The number of aromatic nitrogens is 3. The lowest BCUT2D eigenvalue weighted by Crippen LogP contribution is -1.99. The van der Waals surface area contributed by atoms with Crippen molar-refractivity contribution in [2.45, 2.75) is 13.8 Å². The van der Waals surface area contributed by atoms with Gasteiger partial charge in [-0.1, -0.05) is 12.1 Å². The maximum atomic E-state index is 9.69.